The first kappa shape index (κ1) is 17.2. The second-order valence-electron chi connectivity index (χ2n) is 4.95. The number of ether oxygens (including phenoxy) is 1. The van der Waals surface area contributed by atoms with Crippen molar-refractivity contribution >= 4 is 46.0 Å². The van der Waals surface area contributed by atoms with Gasteiger partial charge in [-0.2, -0.15) is 0 Å². The SMILES string of the molecule is O=C1S/C(=C\c2cccs2)C(=O)N1CCOc1cccc([N+](=O)[O-])c1. The summed E-state index contributed by atoms with van der Waals surface area (Å²) in [6, 6.07) is 9.48. The van der Waals surface area contributed by atoms with Crippen molar-refractivity contribution in [3.63, 3.8) is 0 Å². The Morgan fingerprint density at radius 3 is 2.80 bits per heavy atom. The Labute approximate surface area is 151 Å². The third kappa shape index (κ3) is 4.06. The van der Waals surface area contributed by atoms with Gasteiger partial charge in [0.25, 0.3) is 16.8 Å². The summed E-state index contributed by atoms with van der Waals surface area (Å²) in [5.41, 5.74) is -0.0810. The van der Waals surface area contributed by atoms with Crippen LogP contribution in [0.3, 0.4) is 0 Å². The summed E-state index contributed by atoms with van der Waals surface area (Å²) in [5, 5.41) is 12.3. The summed E-state index contributed by atoms with van der Waals surface area (Å²) < 4.78 is 5.42. The molecule has 7 nitrogen and oxygen atoms in total. The van der Waals surface area contributed by atoms with E-state index in [0.717, 1.165) is 21.5 Å². The molecule has 128 valence electrons. The Morgan fingerprint density at radius 1 is 1.24 bits per heavy atom. The fraction of sp³-hybridized carbons (Fsp3) is 0.125. The van der Waals surface area contributed by atoms with Crippen molar-refractivity contribution in [2.75, 3.05) is 13.2 Å². The highest BCUT2D eigenvalue weighted by Crippen LogP contribution is 2.32. The standard InChI is InChI=1S/C16H12N2O5S2/c19-15-14(10-13-5-2-8-24-13)25-16(20)17(15)6-7-23-12-4-1-3-11(9-12)18(21)22/h1-5,8-10H,6-7H2/b14-10-. The van der Waals surface area contributed by atoms with Crippen molar-refractivity contribution in [1.82, 2.24) is 4.90 Å². The predicted octanol–water partition coefficient (Wildman–Crippen LogP) is 3.77. The van der Waals surface area contributed by atoms with Gasteiger partial charge in [-0.1, -0.05) is 12.1 Å². The molecule has 0 saturated carbocycles. The van der Waals surface area contributed by atoms with Crippen LogP contribution in [0.15, 0.2) is 46.7 Å². The number of amides is 2. The number of nitro benzene ring substituents is 1. The lowest BCUT2D eigenvalue weighted by molar-refractivity contribution is -0.384. The van der Waals surface area contributed by atoms with Crippen LogP contribution >= 0.6 is 23.1 Å². The molecule has 0 atom stereocenters. The average Bonchev–Trinajstić information content (AvgIpc) is 3.19. The third-order valence-electron chi connectivity index (χ3n) is 3.30. The molecule has 25 heavy (non-hydrogen) atoms. The van der Waals surface area contributed by atoms with Crippen LogP contribution in [0.5, 0.6) is 5.75 Å². The predicted molar refractivity (Wildman–Crippen MR) is 95.6 cm³/mol. The molecule has 1 fully saturated rings. The molecule has 0 unspecified atom stereocenters. The molecule has 0 N–H and O–H groups in total. The maximum atomic E-state index is 12.3. The van der Waals surface area contributed by atoms with E-state index in [4.69, 9.17) is 4.74 Å². The van der Waals surface area contributed by atoms with Crippen molar-refractivity contribution in [2.24, 2.45) is 0 Å². The summed E-state index contributed by atoms with van der Waals surface area (Å²) in [4.78, 5) is 36.9. The van der Waals surface area contributed by atoms with Crippen molar-refractivity contribution < 1.29 is 19.2 Å². The highest BCUT2D eigenvalue weighted by atomic mass is 32.2. The van der Waals surface area contributed by atoms with Crippen LogP contribution in [0.1, 0.15) is 4.88 Å². The lowest BCUT2D eigenvalue weighted by Gasteiger charge is -2.13. The molecule has 0 spiro atoms. The Balaban J connectivity index is 1.60. The number of benzene rings is 1. The summed E-state index contributed by atoms with van der Waals surface area (Å²) in [6.45, 7) is 0.140. The number of hydrogen-bond donors (Lipinski definition) is 0. The summed E-state index contributed by atoms with van der Waals surface area (Å²) in [7, 11) is 0. The summed E-state index contributed by atoms with van der Waals surface area (Å²) >= 11 is 2.37. The van der Waals surface area contributed by atoms with Gasteiger partial charge in [-0.3, -0.25) is 24.6 Å². The minimum atomic E-state index is -0.515. The average molecular weight is 376 g/mol. The summed E-state index contributed by atoms with van der Waals surface area (Å²) in [6.07, 6.45) is 1.69. The number of rotatable bonds is 6. The number of thioether (sulfide) groups is 1. The topological polar surface area (TPSA) is 89.8 Å². The van der Waals surface area contributed by atoms with Gasteiger partial charge in [0.05, 0.1) is 22.4 Å². The molecule has 2 amide bonds. The van der Waals surface area contributed by atoms with E-state index in [-0.39, 0.29) is 30.0 Å². The molecule has 1 aromatic carbocycles. The molecule has 0 radical (unpaired) electrons. The molecule has 1 saturated heterocycles. The first-order valence-electron chi connectivity index (χ1n) is 7.21. The van der Waals surface area contributed by atoms with Crippen molar-refractivity contribution in [2.45, 2.75) is 0 Å². The third-order valence-corrected chi connectivity index (χ3v) is 5.03. The first-order valence-corrected chi connectivity index (χ1v) is 8.90. The number of nitro groups is 1. The van der Waals surface area contributed by atoms with Gasteiger partial charge in [-0.05, 0) is 35.4 Å². The largest absolute Gasteiger partial charge is 0.491 e. The van der Waals surface area contributed by atoms with E-state index in [1.165, 1.54) is 29.5 Å². The highest BCUT2D eigenvalue weighted by Gasteiger charge is 2.34. The van der Waals surface area contributed by atoms with Crippen LogP contribution < -0.4 is 4.74 Å². The minimum absolute atomic E-state index is 0.0610. The molecule has 1 aromatic heterocycles. The van der Waals surface area contributed by atoms with E-state index in [2.05, 4.69) is 0 Å². The van der Waals surface area contributed by atoms with E-state index in [1.807, 2.05) is 17.5 Å². The number of nitrogens with zero attached hydrogens (tertiary/aromatic N) is 2. The number of hydrogen-bond acceptors (Lipinski definition) is 7. The fourth-order valence-electron chi connectivity index (χ4n) is 2.14. The summed E-state index contributed by atoms with van der Waals surface area (Å²) in [5.74, 6) is -0.0404. The van der Waals surface area contributed by atoms with Crippen molar-refractivity contribution in [3.05, 3.63) is 61.7 Å². The van der Waals surface area contributed by atoms with Gasteiger partial charge in [0.15, 0.2) is 0 Å². The Morgan fingerprint density at radius 2 is 2.08 bits per heavy atom. The Bertz CT molecular complexity index is 848. The molecule has 9 heteroatoms. The van der Waals surface area contributed by atoms with Crippen LogP contribution in [-0.2, 0) is 4.79 Å². The molecule has 2 heterocycles. The van der Waals surface area contributed by atoms with E-state index >= 15 is 0 Å². The van der Waals surface area contributed by atoms with Gasteiger partial charge in [-0.25, -0.2) is 0 Å². The Kier molecular flexibility index (Phi) is 5.15. The maximum Gasteiger partial charge on any atom is 0.293 e. The molecule has 3 rings (SSSR count). The second-order valence-corrected chi connectivity index (χ2v) is 6.92. The molecule has 0 bridgehead atoms. The minimum Gasteiger partial charge on any atom is -0.491 e. The quantitative estimate of drug-likeness (QED) is 0.433. The van der Waals surface area contributed by atoms with Crippen LogP contribution in [0.2, 0.25) is 0 Å². The second kappa shape index (κ2) is 7.49. The van der Waals surface area contributed by atoms with E-state index < -0.39 is 4.92 Å². The number of carbonyl (C=O) groups is 2. The van der Waals surface area contributed by atoms with Crippen molar-refractivity contribution in [3.8, 4) is 5.75 Å². The van der Waals surface area contributed by atoms with Crippen LogP contribution in [0.4, 0.5) is 10.5 Å². The number of non-ortho nitro benzene ring substituents is 1. The normalized spacial score (nSPS) is 15.8. The lowest BCUT2D eigenvalue weighted by Crippen LogP contribution is -2.32. The van der Waals surface area contributed by atoms with Gasteiger partial charge in [0.2, 0.25) is 0 Å². The lowest BCUT2D eigenvalue weighted by atomic mass is 10.3. The van der Waals surface area contributed by atoms with Gasteiger partial charge in [-0.15, -0.1) is 11.3 Å². The van der Waals surface area contributed by atoms with E-state index in [0.29, 0.717) is 10.7 Å². The fourth-order valence-corrected chi connectivity index (χ4v) is 3.72. The monoisotopic (exact) mass is 376 g/mol. The number of imide groups is 1. The number of carbonyl (C=O) groups excluding carboxylic acids is 2. The van der Waals surface area contributed by atoms with Crippen LogP contribution in [-0.4, -0.2) is 34.1 Å². The van der Waals surface area contributed by atoms with Gasteiger partial charge in [0.1, 0.15) is 12.4 Å². The molecular formula is C16H12N2O5S2. The maximum absolute atomic E-state index is 12.3. The van der Waals surface area contributed by atoms with Crippen LogP contribution in [0, 0.1) is 10.1 Å². The smallest absolute Gasteiger partial charge is 0.293 e. The first-order chi connectivity index (χ1) is 12.0. The van der Waals surface area contributed by atoms with Gasteiger partial charge in [0, 0.05) is 10.9 Å². The highest BCUT2D eigenvalue weighted by molar-refractivity contribution is 8.18. The van der Waals surface area contributed by atoms with E-state index in [1.54, 1.807) is 12.1 Å². The van der Waals surface area contributed by atoms with Gasteiger partial charge < -0.3 is 4.74 Å². The molecule has 1 aliphatic rings. The molecule has 2 aromatic rings. The van der Waals surface area contributed by atoms with Crippen LogP contribution in [0.25, 0.3) is 6.08 Å². The molecule has 0 aliphatic carbocycles. The van der Waals surface area contributed by atoms with E-state index in [9.17, 15) is 19.7 Å². The zero-order valence-electron chi connectivity index (χ0n) is 12.8. The molecular weight excluding hydrogens is 364 g/mol. The number of thiophene rings is 1. The zero-order chi connectivity index (χ0) is 17.8. The molecule has 1 aliphatic heterocycles. The zero-order valence-corrected chi connectivity index (χ0v) is 14.4. The van der Waals surface area contributed by atoms with Gasteiger partial charge >= 0.3 is 0 Å². The Hall–Kier alpha value is -2.65. The van der Waals surface area contributed by atoms with Crippen molar-refractivity contribution in [1.29, 1.82) is 0 Å².